The maximum atomic E-state index is 12.0. The van der Waals surface area contributed by atoms with Gasteiger partial charge in [-0.15, -0.1) is 0 Å². The number of aliphatic hydroxyl groups is 1. The number of hydrogen-bond donors (Lipinski definition) is 5. The molecule has 0 aromatic carbocycles. The molecule has 5 N–H and O–H groups in total. The minimum Gasteiger partial charge on any atom is -0.465 e. The van der Waals surface area contributed by atoms with E-state index in [-0.39, 0.29) is 30.7 Å². The van der Waals surface area contributed by atoms with Crippen LogP contribution in [-0.4, -0.2) is 76.2 Å². The van der Waals surface area contributed by atoms with E-state index >= 15 is 0 Å². The maximum Gasteiger partial charge on any atom is 0.302 e. The number of H-pyrrole nitrogens is 1. The summed E-state index contributed by atoms with van der Waals surface area (Å²) < 4.78 is 4.85. The van der Waals surface area contributed by atoms with Crippen LogP contribution in [0.15, 0.2) is 12.5 Å². The van der Waals surface area contributed by atoms with Gasteiger partial charge in [-0.05, 0) is 0 Å². The van der Waals surface area contributed by atoms with Gasteiger partial charge in [0.25, 0.3) is 5.24 Å². The van der Waals surface area contributed by atoms with Gasteiger partial charge in [0.1, 0.15) is 6.10 Å². The summed E-state index contributed by atoms with van der Waals surface area (Å²) in [6, 6.07) is 0. The van der Waals surface area contributed by atoms with Gasteiger partial charge in [0.05, 0.1) is 12.9 Å². The second kappa shape index (κ2) is 13.7. The quantitative estimate of drug-likeness (QED) is 0.204. The lowest BCUT2D eigenvalue weighted by Gasteiger charge is -2.28. The van der Waals surface area contributed by atoms with Gasteiger partial charge in [-0.2, -0.15) is 0 Å². The Kier molecular flexibility index (Phi) is 11.6. The lowest BCUT2D eigenvalue weighted by Crippen LogP contribution is -2.46. The Morgan fingerprint density at radius 2 is 1.94 bits per heavy atom. The molecule has 1 atom stereocenters. The van der Waals surface area contributed by atoms with Crippen molar-refractivity contribution in [2.75, 3.05) is 32.0 Å². The zero-order chi connectivity index (χ0) is 23.3. The minimum absolute atomic E-state index is 0.0316. The number of ether oxygens (including phenoxy) is 1. The molecule has 1 aromatic rings. The van der Waals surface area contributed by atoms with Crippen LogP contribution in [0.3, 0.4) is 0 Å². The highest BCUT2D eigenvalue weighted by Gasteiger charge is 2.34. The van der Waals surface area contributed by atoms with E-state index in [9.17, 15) is 24.3 Å². The van der Waals surface area contributed by atoms with Gasteiger partial charge >= 0.3 is 5.97 Å². The molecular formula is C19H31N5O6S. The molecule has 1 heterocycles. The van der Waals surface area contributed by atoms with Crippen LogP contribution < -0.4 is 16.0 Å². The summed E-state index contributed by atoms with van der Waals surface area (Å²) in [5.41, 5.74) is -0.0288. The molecule has 0 unspecified atom stereocenters. The largest absolute Gasteiger partial charge is 0.465 e. The number of aromatic amines is 1. The molecule has 1 aromatic heterocycles. The standard InChI is InChI=1S/C19H31N5O6S/c1-13(25)30-11-19(2,3)16(27)17(28)22-7-5-15(26)21-8-9-31-18(29)23-6-4-14-10-20-12-24-14/h10,12,16,27H,4-9,11H2,1-3H3,(H,20,24)(H,21,26)(H,22,28)(H,23,29)/t16-/m0/s1. The Hall–Kier alpha value is -2.60. The van der Waals surface area contributed by atoms with Crippen molar-refractivity contribution in [1.82, 2.24) is 25.9 Å². The van der Waals surface area contributed by atoms with E-state index in [1.165, 1.54) is 6.92 Å². The first-order chi connectivity index (χ1) is 14.6. The molecule has 12 heteroatoms. The van der Waals surface area contributed by atoms with Gasteiger partial charge in [-0.25, -0.2) is 4.98 Å². The number of rotatable bonds is 13. The molecule has 0 saturated heterocycles. The van der Waals surface area contributed by atoms with Crippen LogP contribution in [0.2, 0.25) is 0 Å². The molecule has 0 radical (unpaired) electrons. The van der Waals surface area contributed by atoms with Crippen LogP contribution in [0.4, 0.5) is 4.79 Å². The summed E-state index contributed by atoms with van der Waals surface area (Å²) in [7, 11) is 0. The predicted molar refractivity (Wildman–Crippen MR) is 115 cm³/mol. The van der Waals surface area contributed by atoms with E-state index in [4.69, 9.17) is 4.74 Å². The van der Waals surface area contributed by atoms with E-state index in [0.29, 0.717) is 25.3 Å². The Balaban J connectivity index is 2.11. The molecule has 11 nitrogen and oxygen atoms in total. The number of imidazole rings is 1. The number of aromatic nitrogens is 2. The fraction of sp³-hybridized carbons (Fsp3) is 0.632. The summed E-state index contributed by atoms with van der Waals surface area (Å²) in [5, 5.41) is 17.8. The number of hydrogen-bond acceptors (Lipinski definition) is 8. The second-order valence-electron chi connectivity index (χ2n) is 7.45. The lowest BCUT2D eigenvalue weighted by atomic mass is 9.87. The zero-order valence-electron chi connectivity index (χ0n) is 18.0. The van der Waals surface area contributed by atoms with Crippen LogP contribution in [0.1, 0.15) is 32.9 Å². The molecule has 0 saturated carbocycles. The predicted octanol–water partition coefficient (Wildman–Crippen LogP) is -0.0323. The van der Waals surface area contributed by atoms with Gasteiger partial charge in [0.15, 0.2) is 0 Å². The van der Waals surface area contributed by atoms with Crippen LogP contribution >= 0.6 is 11.8 Å². The van der Waals surface area contributed by atoms with Crippen molar-refractivity contribution in [3.63, 3.8) is 0 Å². The SMILES string of the molecule is CC(=O)OCC(C)(C)[C@@H](O)C(=O)NCCC(=O)NCCSC(=O)NCCc1cnc[nH]1. The molecule has 1 rings (SSSR count). The minimum atomic E-state index is -1.39. The fourth-order valence-electron chi connectivity index (χ4n) is 2.31. The number of amides is 3. The van der Waals surface area contributed by atoms with Crippen molar-refractivity contribution < 1.29 is 29.0 Å². The number of aliphatic hydroxyl groups excluding tert-OH is 1. The highest BCUT2D eigenvalue weighted by Crippen LogP contribution is 2.21. The first-order valence-electron chi connectivity index (χ1n) is 9.85. The van der Waals surface area contributed by atoms with Gasteiger partial charge < -0.3 is 30.8 Å². The second-order valence-corrected chi connectivity index (χ2v) is 8.52. The summed E-state index contributed by atoms with van der Waals surface area (Å²) >= 11 is 1.07. The van der Waals surface area contributed by atoms with E-state index in [1.807, 2.05) is 0 Å². The third kappa shape index (κ3) is 11.4. The lowest BCUT2D eigenvalue weighted by molar-refractivity contribution is -0.151. The highest BCUT2D eigenvalue weighted by atomic mass is 32.2. The van der Waals surface area contributed by atoms with Gasteiger partial charge in [-0.1, -0.05) is 25.6 Å². The van der Waals surface area contributed by atoms with Crippen LogP contribution in [-0.2, 0) is 25.5 Å². The number of nitrogens with zero attached hydrogens (tertiary/aromatic N) is 1. The summed E-state index contributed by atoms with van der Waals surface area (Å²) in [4.78, 5) is 53.3. The topological polar surface area (TPSA) is 163 Å². The molecule has 3 amide bonds. The monoisotopic (exact) mass is 457 g/mol. The third-order valence-electron chi connectivity index (χ3n) is 4.16. The number of nitrogens with one attached hydrogen (secondary N) is 4. The van der Waals surface area contributed by atoms with Crippen molar-refractivity contribution in [3.8, 4) is 0 Å². The fourth-order valence-corrected chi connectivity index (χ4v) is 2.91. The maximum absolute atomic E-state index is 12.0. The number of esters is 1. The van der Waals surface area contributed by atoms with Crippen LogP contribution in [0, 0.1) is 5.41 Å². The first kappa shape index (κ1) is 26.4. The van der Waals surface area contributed by atoms with Crippen LogP contribution in [0.5, 0.6) is 0 Å². The number of carbonyl (C=O) groups is 4. The zero-order valence-corrected chi connectivity index (χ0v) is 18.8. The van der Waals surface area contributed by atoms with E-state index in [2.05, 4.69) is 25.9 Å². The molecule has 0 aliphatic carbocycles. The Morgan fingerprint density at radius 1 is 1.19 bits per heavy atom. The summed E-state index contributed by atoms with van der Waals surface area (Å²) in [6.45, 7) is 5.18. The van der Waals surface area contributed by atoms with Crippen molar-refractivity contribution in [2.24, 2.45) is 5.41 Å². The average molecular weight is 458 g/mol. The molecule has 0 bridgehead atoms. The Labute approximate surface area is 185 Å². The number of carbonyl (C=O) groups excluding carboxylic acids is 4. The van der Waals surface area contributed by atoms with Crippen molar-refractivity contribution >= 4 is 34.8 Å². The van der Waals surface area contributed by atoms with E-state index < -0.39 is 23.4 Å². The van der Waals surface area contributed by atoms with Crippen molar-refractivity contribution in [2.45, 2.75) is 39.7 Å². The summed E-state index contributed by atoms with van der Waals surface area (Å²) in [5.74, 6) is -1.01. The Morgan fingerprint density at radius 3 is 2.58 bits per heavy atom. The molecule has 174 valence electrons. The molecule has 0 spiro atoms. The third-order valence-corrected chi connectivity index (χ3v) is 4.98. The molecule has 31 heavy (non-hydrogen) atoms. The Bertz CT molecular complexity index is 725. The van der Waals surface area contributed by atoms with E-state index in [1.54, 1.807) is 26.4 Å². The average Bonchev–Trinajstić information content (AvgIpc) is 3.22. The normalized spacial score (nSPS) is 12.0. The van der Waals surface area contributed by atoms with Crippen LogP contribution in [0.25, 0.3) is 0 Å². The smallest absolute Gasteiger partial charge is 0.302 e. The first-order valence-corrected chi connectivity index (χ1v) is 10.8. The molecule has 0 fully saturated rings. The molecule has 0 aliphatic heterocycles. The van der Waals surface area contributed by atoms with Gasteiger partial charge in [-0.3, -0.25) is 19.2 Å². The molecular weight excluding hydrogens is 426 g/mol. The van der Waals surface area contributed by atoms with E-state index in [0.717, 1.165) is 17.5 Å². The number of thioether (sulfide) groups is 1. The van der Waals surface area contributed by atoms with Crippen molar-refractivity contribution in [3.05, 3.63) is 18.2 Å². The summed E-state index contributed by atoms with van der Waals surface area (Å²) in [6.07, 6.45) is 2.57. The van der Waals surface area contributed by atoms with Gasteiger partial charge in [0, 0.05) is 62.5 Å². The van der Waals surface area contributed by atoms with Gasteiger partial charge in [0.2, 0.25) is 11.8 Å². The van der Waals surface area contributed by atoms with Crippen molar-refractivity contribution in [1.29, 1.82) is 0 Å². The highest BCUT2D eigenvalue weighted by molar-refractivity contribution is 8.13. The molecule has 0 aliphatic rings.